The van der Waals surface area contributed by atoms with Gasteiger partial charge in [-0.25, -0.2) is 9.97 Å². The van der Waals surface area contributed by atoms with Crippen LogP contribution in [0.15, 0.2) is 17.4 Å². The van der Waals surface area contributed by atoms with Crippen molar-refractivity contribution in [2.75, 3.05) is 6.26 Å². The molecule has 0 aliphatic carbocycles. The van der Waals surface area contributed by atoms with Crippen molar-refractivity contribution in [1.82, 2.24) is 9.97 Å². The standard InChI is InChI=1S/C11H15N3OS/c1-4-11(2,8-12)15-7-9-5-6-13-10(14-9)16-3/h5-6H,4,7H2,1-3H3. The molecule has 0 saturated heterocycles. The van der Waals surface area contributed by atoms with Crippen LogP contribution in [0.2, 0.25) is 0 Å². The number of thioether (sulfide) groups is 1. The van der Waals surface area contributed by atoms with Crippen LogP contribution in [0.1, 0.15) is 26.0 Å². The van der Waals surface area contributed by atoms with Crippen LogP contribution in [0.25, 0.3) is 0 Å². The number of nitrogens with zero attached hydrogens (tertiary/aromatic N) is 3. The maximum atomic E-state index is 8.95. The Morgan fingerprint density at radius 1 is 1.62 bits per heavy atom. The largest absolute Gasteiger partial charge is 0.354 e. The van der Waals surface area contributed by atoms with Gasteiger partial charge in [-0.15, -0.1) is 0 Å². The van der Waals surface area contributed by atoms with E-state index in [0.717, 1.165) is 10.9 Å². The Labute approximate surface area is 100 Å². The summed E-state index contributed by atoms with van der Waals surface area (Å²) in [5.41, 5.74) is 0.0686. The highest BCUT2D eigenvalue weighted by atomic mass is 32.2. The van der Waals surface area contributed by atoms with E-state index in [4.69, 9.17) is 10.00 Å². The zero-order chi connectivity index (χ0) is 12.0. The summed E-state index contributed by atoms with van der Waals surface area (Å²) in [6.07, 6.45) is 4.28. The molecule has 0 bridgehead atoms. The minimum absolute atomic E-state index is 0.341. The lowest BCUT2D eigenvalue weighted by Gasteiger charge is -2.19. The number of hydrogen-bond acceptors (Lipinski definition) is 5. The van der Waals surface area contributed by atoms with Crippen molar-refractivity contribution in [2.24, 2.45) is 0 Å². The Morgan fingerprint density at radius 2 is 2.38 bits per heavy atom. The molecule has 0 N–H and O–H groups in total. The third-order valence-corrected chi connectivity index (χ3v) is 2.89. The van der Waals surface area contributed by atoms with Crippen molar-refractivity contribution in [1.29, 1.82) is 5.26 Å². The Balaban J connectivity index is 2.64. The molecule has 0 aliphatic rings. The summed E-state index contributed by atoms with van der Waals surface area (Å²) in [5, 5.41) is 9.67. The Hall–Kier alpha value is -1.12. The predicted octanol–water partition coefficient (Wildman–Crippen LogP) is 2.41. The third kappa shape index (κ3) is 3.47. The Kier molecular flexibility index (Phi) is 4.71. The highest BCUT2D eigenvalue weighted by molar-refractivity contribution is 7.98. The summed E-state index contributed by atoms with van der Waals surface area (Å²) in [7, 11) is 0. The van der Waals surface area contributed by atoms with Crippen molar-refractivity contribution in [3.8, 4) is 6.07 Å². The normalized spacial score (nSPS) is 14.1. The van der Waals surface area contributed by atoms with Gasteiger partial charge in [-0.3, -0.25) is 0 Å². The van der Waals surface area contributed by atoms with Crippen molar-refractivity contribution < 1.29 is 4.74 Å². The predicted molar refractivity (Wildman–Crippen MR) is 62.9 cm³/mol. The maximum Gasteiger partial charge on any atom is 0.187 e. The van der Waals surface area contributed by atoms with Gasteiger partial charge in [0, 0.05) is 6.20 Å². The van der Waals surface area contributed by atoms with Crippen LogP contribution in [0.3, 0.4) is 0 Å². The lowest BCUT2D eigenvalue weighted by Crippen LogP contribution is -2.25. The summed E-state index contributed by atoms with van der Waals surface area (Å²) in [6.45, 7) is 4.05. The molecule has 1 aromatic heterocycles. The summed E-state index contributed by atoms with van der Waals surface area (Å²) in [5.74, 6) is 0. The molecule has 0 aliphatic heterocycles. The number of ether oxygens (including phenoxy) is 1. The van der Waals surface area contributed by atoms with Gasteiger partial charge in [-0.05, 0) is 25.7 Å². The van der Waals surface area contributed by atoms with Crippen molar-refractivity contribution in [3.05, 3.63) is 18.0 Å². The molecule has 1 unspecified atom stereocenters. The second kappa shape index (κ2) is 5.83. The SMILES string of the molecule is CCC(C)(C#N)OCc1ccnc(SC)n1. The first-order chi connectivity index (χ1) is 7.63. The molecule has 0 spiro atoms. The topological polar surface area (TPSA) is 58.8 Å². The molecule has 1 heterocycles. The highest BCUT2D eigenvalue weighted by Crippen LogP contribution is 2.16. The second-order valence-electron chi connectivity index (χ2n) is 3.52. The fraction of sp³-hybridized carbons (Fsp3) is 0.545. The first-order valence-electron chi connectivity index (χ1n) is 5.04. The monoisotopic (exact) mass is 237 g/mol. The number of hydrogen-bond donors (Lipinski definition) is 0. The van der Waals surface area contributed by atoms with Gasteiger partial charge in [0.2, 0.25) is 0 Å². The van der Waals surface area contributed by atoms with Crippen molar-refractivity contribution in [2.45, 2.75) is 37.6 Å². The van der Waals surface area contributed by atoms with Gasteiger partial charge in [-0.2, -0.15) is 5.26 Å². The fourth-order valence-electron chi connectivity index (χ4n) is 1.00. The minimum Gasteiger partial charge on any atom is -0.354 e. The quantitative estimate of drug-likeness (QED) is 0.581. The van der Waals surface area contributed by atoms with Crippen LogP contribution in [-0.2, 0) is 11.3 Å². The molecule has 0 aromatic carbocycles. The molecule has 5 heteroatoms. The summed E-state index contributed by atoms with van der Waals surface area (Å²) in [6, 6.07) is 3.95. The highest BCUT2D eigenvalue weighted by Gasteiger charge is 2.21. The van der Waals surface area contributed by atoms with Crippen LogP contribution in [-0.4, -0.2) is 21.8 Å². The van der Waals surface area contributed by atoms with E-state index < -0.39 is 5.60 Å². The van der Waals surface area contributed by atoms with Crippen LogP contribution >= 0.6 is 11.8 Å². The van der Waals surface area contributed by atoms with Crippen LogP contribution in [0.5, 0.6) is 0 Å². The van der Waals surface area contributed by atoms with E-state index in [-0.39, 0.29) is 0 Å². The molecule has 4 nitrogen and oxygen atoms in total. The average molecular weight is 237 g/mol. The molecule has 0 radical (unpaired) electrons. The number of aromatic nitrogens is 2. The van der Waals surface area contributed by atoms with Gasteiger partial charge in [-0.1, -0.05) is 18.7 Å². The smallest absolute Gasteiger partial charge is 0.187 e. The van der Waals surface area contributed by atoms with Gasteiger partial charge in [0.25, 0.3) is 0 Å². The second-order valence-corrected chi connectivity index (χ2v) is 4.29. The molecule has 0 saturated carbocycles. The van der Waals surface area contributed by atoms with E-state index in [1.165, 1.54) is 11.8 Å². The fourth-order valence-corrected chi connectivity index (χ4v) is 1.38. The molecular weight excluding hydrogens is 222 g/mol. The Morgan fingerprint density at radius 3 is 2.94 bits per heavy atom. The average Bonchev–Trinajstić information content (AvgIpc) is 2.36. The summed E-state index contributed by atoms with van der Waals surface area (Å²) in [4.78, 5) is 8.35. The van der Waals surface area contributed by atoms with Gasteiger partial charge < -0.3 is 4.74 Å². The summed E-state index contributed by atoms with van der Waals surface area (Å²) < 4.78 is 5.55. The van der Waals surface area contributed by atoms with Crippen molar-refractivity contribution in [3.63, 3.8) is 0 Å². The molecule has 1 atom stereocenters. The van der Waals surface area contributed by atoms with Gasteiger partial charge >= 0.3 is 0 Å². The lowest BCUT2D eigenvalue weighted by molar-refractivity contribution is -0.00520. The first kappa shape index (κ1) is 12.9. The third-order valence-electron chi connectivity index (χ3n) is 2.32. The molecule has 16 heavy (non-hydrogen) atoms. The van der Waals surface area contributed by atoms with Gasteiger partial charge in [0.05, 0.1) is 18.4 Å². The lowest BCUT2D eigenvalue weighted by atomic mass is 10.1. The van der Waals surface area contributed by atoms with E-state index in [1.807, 2.05) is 13.2 Å². The van der Waals surface area contributed by atoms with Gasteiger partial charge in [0.15, 0.2) is 10.8 Å². The van der Waals surface area contributed by atoms with Crippen molar-refractivity contribution >= 4 is 11.8 Å². The van der Waals surface area contributed by atoms with E-state index in [2.05, 4.69) is 16.0 Å². The van der Waals surface area contributed by atoms with E-state index in [9.17, 15) is 0 Å². The van der Waals surface area contributed by atoms with Crippen LogP contribution < -0.4 is 0 Å². The molecule has 1 aromatic rings. The van der Waals surface area contributed by atoms with Crippen LogP contribution in [0.4, 0.5) is 0 Å². The zero-order valence-corrected chi connectivity index (χ0v) is 10.5. The van der Waals surface area contributed by atoms with Crippen LogP contribution in [0, 0.1) is 11.3 Å². The number of rotatable bonds is 5. The minimum atomic E-state index is -0.732. The molecule has 0 fully saturated rings. The zero-order valence-electron chi connectivity index (χ0n) is 9.73. The van der Waals surface area contributed by atoms with E-state index >= 15 is 0 Å². The van der Waals surface area contributed by atoms with E-state index in [1.54, 1.807) is 19.2 Å². The van der Waals surface area contributed by atoms with E-state index in [0.29, 0.717) is 13.0 Å². The Bertz CT molecular complexity index is 391. The van der Waals surface area contributed by atoms with Gasteiger partial charge in [0.1, 0.15) is 0 Å². The molecule has 1 rings (SSSR count). The first-order valence-corrected chi connectivity index (χ1v) is 6.27. The maximum absolute atomic E-state index is 8.95. The molecule has 86 valence electrons. The molecule has 0 amide bonds. The molecular formula is C11H15N3OS. The summed E-state index contributed by atoms with van der Waals surface area (Å²) >= 11 is 1.49. The number of nitriles is 1.